The van der Waals surface area contributed by atoms with Gasteiger partial charge in [0.1, 0.15) is 47.8 Å². The largest absolute Gasteiger partial charge is 0.492 e. The summed E-state index contributed by atoms with van der Waals surface area (Å²) < 4.78 is 34.2. The van der Waals surface area contributed by atoms with Crippen LogP contribution in [0.25, 0.3) is 0 Å². The number of rotatable bonds is 3. The average Bonchev–Trinajstić information content (AvgIpc) is 3.41. The molecule has 7 atom stereocenters. The van der Waals surface area contributed by atoms with Crippen molar-refractivity contribution in [2.24, 2.45) is 0 Å². The molecule has 0 unspecified atom stereocenters. The molecule has 0 saturated carbocycles. The van der Waals surface area contributed by atoms with Gasteiger partial charge in [0.2, 0.25) is 13.1 Å². The first-order valence-electron chi connectivity index (χ1n) is 10.4. The second-order valence-corrected chi connectivity index (χ2v) is 8.21. The van der Waals surface area contributed by atoms with E-state index in [-0.39, 0.29) is 18.8 Å². The van der Waals surface area contributed by atoms with Crippen LogP contribution >= 0.6 is 0 Å². The summed E-state index contributed by atoms with van der Waals surface area (Å²) in [6.07, 6.45) is -7.01. The average molecular weight is 446 g/mol. The van der Waals surface area contributed by atoms with Gasteiger partial charge in [-0.05, 0) is 18.2 Å². The fourth-order valence-electron chi connectivity index (χ4n) is 4.60. The lowest BCUT2D eigenvalue weighted by molar-refractivity contribution is -0.277. The van der Waals surface area contributed by atoms with Gasteiger partial charge < -0.3 is 48.8 Å². The van der Waals surface area contributed by atoms with E-state index in [1.54, 1.807) is 12.1 Å². The zero-order valence-corrected chi connectivity index (χ0v) is 16.8. The van der Waals surface area contributed by atoms with Crippen LogP contribution in [0, 0.1) is 0 Å². The first kappa shape index (κ1) is 19.9. The van der Waals surface area contributed by atoms with E-state index in [2.05, 4.69) is 0 Å². The maximum Gasteiger partial charge on any atom is 0.231 e. The number of benzene rings is 2. The summed E-state index contributed by atoms with van der Waals surface area (Å²) in [6, 6.07) is 8.94. The molecule has 0 spiro atoms. The van der Waals surface area contributed by atoms with E-state index in [9.17, 15) is 20.4 Å². The van der Waals surface area contributed by atoms with Gasteiger partial charge in [-0.1, -0.05) is 0 Å². The van der Waals surface area contributed by atoms with E-state index in [4.69, 9.17) is 28.4 Å². The third kappa shape index (κ3) is 2.99. The van der Waals surface area contributed by atoms with E-state index in [1.807, 2.05) is 18.2 Å². The maximum atomic E-state index is 10.2. The van der Waals surface area contributed by atoms with Crippen molar-refractivity contribution >= 4 is 0 Å². The van der Waals surface area contributed by atoms with Crippen molar-refractivity contribution in [2.45, 2.75) is 42.7 Å². The topological polar surface area (TPSA) is 136 Å². The van der Waals surface area contributed by atoms with E-state index in [0.29, 0.717) is 29.6 Å². The van der Waals surface area contributed by atoms with E-state index < -0.39 is 37.3 Å². The lowest BCUT2D eigenvalue weighted by Gasteiger charge is -2.39. The Morgan fingerprint density at radius 2 is 1.66 bits per heavy atom. The fourth-order valence-corrected chi connectivity index (χ4v) is 4.60. The van der Waals surface area contributed by atoms with Crippen molar-refractivity contribution in [1.82, 2.24) is 0 Å². The Hall–Kier alpha value is -2.76. The molecule has 0 amide bonds. The minimum atomic E-state index is -1.51. The number of aliphatic hydroxyl groups is 4. The molecule has 10 nitrogen and oxygen atoms in total. The first-order valence-corrected chi connectivity index (χ1v) is 10.4. The SMILES string of the molecule is OC[C@H]1O[C@H](Oc2ccc3c(c2)OC[C@H]2c4cc5c(cc4O[C@@H]32)OCO5)[C@H](O)[C@H](O)[C@H]1O. The molecule has 4 heterocycles. The van der Waals surface area contributed by atoms with Crippen LogP contribution in [0.4, 0.5) is 0 Å². The summed E-state index contributed by atoms with van der Waals surface area (Å²) in [5.41, 5.74) is 1.85. The molecule has 4 aliphatic heterocycles. The molecule has 2 aromatic carbocycles. The number of hydrogen-bond acceptors (Lipinski definition) is 10. The van der Waals surface area contributed by atoms with Crippen LogP contribution in [0.3, 0.4) is 0 Å². The van der Waals surface area contributed by atoms with Crippen molar-refractivity contribution in [2.75, 3.05) is 20.0 Å². The molecule has 6 rings (SSSR count). The number of aliphatic hydroxyl groups excluding tert-OH is 4. The standard InChI is InChI=1S/C22H22O10/c23-6-17-18(24)19(25)20(26)22(32-17)30-9-1-2-10-13(3-9)27-7-12-11-4-15-16(29-8-28-15)5-14(11)31-21(10)12/h1-5,12,17-26H,6-8H2/t12-,17+,18-,19+,20+,21-,22-/m0/s1. The monoisotopic (exact) mass is 446 g/mol. The minimum Gasteiger partial charge on any atom is -0.492 e. The molecule has 170 valence electrons. The third-order valence-corrected chi connectivity index (χ3v) is 6.33. The summed E-state index contributed by atoms with van der Waals surface area (Å²) >= 11 is 0. The molecule has 4 N–H and O–H groups in total. The number of fused-ring (bicyclic) bond motifs is 6. The van der Waals surface area contributed by atoms with E-state index in [0.717, 1.165) is 16.9 Å². The van der Waals surface area contributed by atoms with Crippen molar-refractivity contribution in [3.05, 3.63) is 41.5 Å². The Labute approximate surface area is 182 Å². The zero-order valence-electron chi connectivity index (χ0n) is 16.8. The Balaban J connectivity index is 1.23. The molecule has 32 heavy (non-hydrogen) atoms. The molecule has 0 aromatic heterocycles. The van der Waals surface area contributed by atoms with Crippen LogP contribution in [-0.4, -0.2) is 71.1 Å². The van der Waals surface area contributed by atoms with Gasteiger partial charge in [-0.15, -0.1) is 0 Å². The normalized spacial score (nSPS) is 34.1. The number of hydrogen-bond donors (Lipinski definition) is 4. The van der Waals surface area contributed by atoms with Gasteiger partial charge in [0.25, 0.3) is 0 Å². The molecule has 0 aliphatic carbocycles. The highest BCUT2D eigenvalue weighted by Crippen LogP contribution is 2.54. The molecule has 4 aliphatic rings. The summed E-state index contributed by atoms with van der Waals surface area (Å²) in [4.78, 5) is 0. The Bertz CT molecular complexity index is 1040. The molecular formula is C22H22O10. The van der Waals surface area contributed by atoms with Crippen LogP contribution in [0.5, 0.6) is 28.7 Å². The smallest absolute Gasteiger partial charge is 0.231 e. The van der Waals surface area contributed by atoms with E-state index in [1.165, 1.54) is 0 Å². The van der Waals surface area contributed by atoms with Gasteiger partial charge in [-0.25, -0.2) is 0 Å². The number of ether oxygens (including phenoxy) is 6. The molecule has 0 radical (unpaired) electrons. The molecule has 2 aromatic rings. The fraction of sp³-hybridized carbons (Fsp3) is 0.455. The molecular weight excluding hydrogens is 424 g/mol. The van der Waals surface area contributed by atoms with Crippen LogP contribution in [0.1, 0.15) is 23.1 Å². The Morgan fingerprint density at radius 3 is 2.47 bits per heavy atom. The van der Waals surface area contributed by atoms with Gasteiger partial charge in [0.15, 0.2) is 11.5 Å². The first-order chi connectivity index (χ1) is 15.5. The van der Waals surface area contributed by atoms with Crippen molar-refractivity contribution in [3.63, 3.8) is 0 Å². The molecule has 0 bridgehead atoms. The van der Waals surface area contributed by atoms with Gasteiger partial charge >= 0.3 is 0 Å². The minimum absolute atomic E-state index is 0.00390. The third-order valence-electron chi connectivity index (χ3n) is 6.33. The summed E-state index contributed by atoms with van der Waals surface area (Å²) in [5, 5.41) is 39.4. The summed E-state index contributed by atoms with van der Waals surface area (Å²) in [6.45, 7) is 0.0648. The second kappa shape index (κ2) is 7.39. The maximum absolute atomic E-state index is 10.2. The van der Waals surface area contributed by atoms with Crippen molar-refractivity contribution in [3.8, 4) is 28.7 Å². The van der Waals surface area contributed by atoms with Gasteiger partial charge in [0, 0.05) is 23.3 Å². The summed E-state index contributed by atoms with van der Waals surface area (Å²) in [5.74, 6) is 3.00. The van der Waals surface area contributed by atoms with Gasteiger partial charge in [0.05, 0.1) is 19.1 Å². The lowest BCUT2D eigenvalue weighted by Crippen LogP contribution is -2.60. The predicted octanol–water partition coefficient (Wildman–Crippen LogP) is 0.204. The molecule has 1 fully saturated rings. The highest BCUT2D eigenvalue weighted by atomic mass is 16.7. The van der Waals surface area contributed by atoms with Crippen molar-refractivity contribution in [1.29, 1.82) is 0 Å². The van der Waals surface area contributed by atoms with Crippen molar-refractivity contribution < 1.29 is 48.8 Å². The molecule has 10 heteroatoms. The van der Waals surface area contributed by atoms with Crippen LogP contribution in [0.15, 0.2) is 30.3 Å². The van der Waals surface area contributed by atoms with Gasteiger partial charge in [-0.3, -0.25) is 0 Å². The highest BCUT2D eigenvalue weighted by molar-refractivity contribution is 5.57. The summed E-state index contributed by atoms with van der Waals surface area (Å²) in [7, 11) is 0. The lowest BCUT2D eigenvalue weighted by atomic mass is 9.89. The Morgan fingerprint density at radius 1 is 0.844 bits per heavy atom. The quantitative estimate of drug-likeness (QED) is 0.518. The zero-order chi connectivity index (χ0) is 22.0. The van der Waals surface area contributed by atoms with Gasteiger partial charge in [-0.2, -0.15) is 0 Å². The van der Waals surface area contributed by atoms with Crippen LogP contribution < -0.4 is 23.7 Å². The van der Waals surface area contributed by atoms with Crippen LogP contribution in [0.2, 0.25) is 0 Å². The van der Waals surface area contributed by atoms with E-state index >= 15 is 0 Å². The Kier molecular flexibility index (Phi) is 4.60. The highest BCUT2D eigenvalue weighted by Gasteiger charge is 2.45. The van der Waals surface area contributed by atoms with Crippen LogP contribution in [-0.2, 0) is 4.74 Å². The molecule has 1 saturated heterocycles. The second-order valence-electron chi connectivity index (χ2n) is 8.21. The predicted molar refractivity (Wildman–Crippen MR) is 105 cm³/mol.